The summed E-state index contributed by atoms with van der Waals surface area (Å²) in [6, 6.07) is 0. The Hall–Kier alpha value is -0.820. The molecule has 1 aromatic rings. The van der Waals surface area contributed by atoms with Gasteiger partial charge in [0, 0.05) is 6.54 Å². The van der Waals surface area contributed by atoms with E-state index in [0.717, 1.165) is 28.6 Å². The summed E-state index contributed by atoms with van der Waals surface area (Å²) in [7, 11) is 0. The molecular weight excluding hydrogens is 316 g/mol. The molecule has 1 heterocycles. The molecule has 4 bridgehead atoms. The fourth-order valence-corrected chi connectivity index (χ4v) is 6.72. The minimum atomic E-state index is 0.106. The van der Waals surface area contributed by atoms with Crippen LogP contribution in [0.5, 0.6) is 0 Å². The molecule has 22 heavy (non-hydrogen) atoms. The Kier molecular flexibility index (Phi) is 3.80. The van der Waals surface area contributed by atoms with Gasteiger partial charge in [0.15, 0.2) is 4.34 Å². The van der Waals surface area contributed by atoms with Crippen molar-refractivity contribution in [1.82, 2.24) is 15.5 Å². The van der Waals surface area contributed by atoms with E-state index in [2.05, 4.69) is 15.5 Å². The van der Waals surface area contributed by atoms with Gasteiger partial charge in [0.05, 0.1) is 5.75 Å². The maximum absolute atomic E-state index is 12.1. The van der Waals surface area contributed by atoms with E-state index < -0.39 is 0 Å². The lowest BCUT2D eigenvalue weighted by molar-refractivity contribution is -0.120. The average Bonchev–Trinajstić information content (AvgIpc) is 2.87. The normalized spacial score (nSPS) is 35.7. The maximum atomic E-state index is 12.1. The molecule has 0 atom stereocenters. The fourth-order valence-electron chi connectivity index (χ4n) is 5.25. The van der Waals surface area contributed by atoms with Crippen molar-refractivity contribution >= 4 is 34.1 Å². The molecule has 3 N–H and O–H groups in total. The first-order valence-corrected chi connectivity index (χ1v) is 9.89. The van der Waals surface area contributed by atoms with Gasteiger partial charge in [-0.3, -0.25) is 4.79 Å². The van der Waals surface area contributed by atoms with Gasteiger partial charge in [-0.05, 0) is 61.7 Å². The van der Waals surface area contributed by atoms with Gasteiger partial charge in [-0.15, -0.1) is 10.2 Å². The Morgan fingerprint density at radius 1 is 1.23 bits per heavy atom. The summed E-state index contributed by atoms with van der Waals surface area (Å²) in [5.41, 5.74) is 5.95. The summed E-state index contributed by atoms with van der Waals surface area (Å²) in [6.07, 6.45) is 8.34. The van der Waals surface area contributed by atoms with Crippen molar-refractivity contribution in [1.29, 1.82) is 0 Å². The molecule has 4 fully saturated rings. The highest BCUT2D eigenvalue weighted by Crippen LogP contribution is 2.59. The Balaban J connectivity index is 1.28. The van der Waals surface area contributed by atoms with Crippen molar-refractivity contribution in [2.24, 2.45) is 23.2 Å². The number of anilines is 1. The first-order chi connectivity index (χ1) is 10.6. The largest absolute Gasteiger partial charge is 0.374 e. The quantitative estimate of drug-likeness (QED) is 0.807. The summed E-state index contributed by atoms with van der Waals surface area (Å²) < 4.78 is 0.766. The van der Waals surface area contributed by atoms with E-state index in [4.69, 9.17) is 5.73 Å². The molecule has 5 rings (SSSR count). The predicted octanol–water partition coefficient (Wildman–Crippen LogP) is 2.54. The fraction of sp³-hybridized carbons (Fsp3) is 0.800. The van der Waals surface area contributed by atoms with Crippen LogP contribution in [0.25, 0.3) is 0 Å². The average molecular weight is 339 g/mol. The Morgan fingerprint density at radius 3 is 2.41 bits per heavy atom. The molecule has 0 aromatic carbocycles. The third kappa shape index (κ3) is 2.97. The Morgan fingerprint density at radius 2 is 1.86 bits per heavy atom. The van der Waals surface area contributed by atoms with E-state index in [-0.39, 0.29) is 5.91 Å². The number of nitrogens with one attached hydrogen (secondary N) is 1. The second-order valence-electron chi connectivity index (χ2n) is 7.39. The highest BCUT2D eigenvalue weighted by Gasteiger charge is 2.50. The summed E-state index contributed by atoms with van der Waals surface area (Å²) in [5.74, 6) is 3.31. The first kappa shape index (κ1) is 14.8. The third-order valence-corrected chi connectivity index (χ3v) is 7.46. The van der Waals surface area contributed by atoms with Crippen molar-refractivity contribution in [3.63, 3.8) is 0 Å². The zero-order valence-corrected chi connectivity index (χ0v) is 14.2. The van der Waals surface area contributed by atoms with Gasteiger partial charge >= 0.3 is 0 Å². The standard InChI is InChI=1S/C15H22N4OS2/c16-13-18-19-14(22-13)21-7-12(20)17-8-15-4-9-1-10(5-15)3-11(2-9)6-15/h9-11H,1-8H2,(H2,16,18)(H,17,20). The number of hydrogen-bond acceptors (Lipinski definition) is 6. The minimum absolute atomic E-state index is 0.106. The molecule has 0 unspecified atom stereocenters. The van der Waals surface area contributed by atoms with Crippen LogP contribution in [-0.2, 0) is 4.79 Å². The molecule has 1 aromatic heterocycles. The van der Waals surface area contributed by atoms with E-state index in [1.165, 1.54) is 61.6 Å². The number of nitrogens with zero attached hydrogens (tertiary/aromatic N) is 2. The molecule has 5 nitrogen and oxygen atoms in total. The van der Waals surface area contributed by atoms with Crippen molar-refractivity contribution in [2.75, 3.05) is 18.0 Å². The van der Waals surface area contributed by atoms with Crippen LogP contribution in [0, 0.1) is 23.2 Å². The molecule has 0 aliphatic heterocycles. The molecule has 0 saturated heterocycles. The monoisotopic (exact) mass is 338 g/mol. The topological polar surface area (TPSA) is 80.9 Å². The highest BCUT2D eigenvalue weighted by atomic mass is 32.2. The van der Waals surface area contributed by atoms with Gasteiger partial charge in [-0.25, -0.2) is 0 Å². The van der Waals surface area contributed by atoms with Gasteiger partial charge < -0.3 is 11.1 Å². The van der Waals surface area contributed by atoms with Crippen LogP contribution in [0.15, 0.2) is 4.34 Å². The zero-order chi connectivity index (χ0) is 15.2. The minimum Gasteiger partial charge on any atom is -0.374 e. The maximum Gasteiger partial charge on any atom is 0.230 e. The molecule has 0 radical (unpaired) electrons. The SMILES string of the molecule is Nc1nnc(SCC(=O)NCC23CC4CC(CC(C4)C2)C3)s1. The Labute approximate surface area is 138 Å². The van der Waals surface area contributed by atoms with Crippen LogP contribution < -0.4 is 11.1 Å². The summed E-state index contributed by atoms with van der Waals surface area (Å²) in [5, 5.41) is 11.3. The molecular formula is C15H22N4OS2. The zero-order valence-electron chi connectivity index (χ0n) is 12.6. The van der Waals surface area contributed by atoms with Crippen LogP contribution in [0.3, 0.4) is 0 Å². The highest BCUT2D eigenvalue weighted by molar-refractivity contribution is 8.01. The van der Waals surface area contributed by atoms with E-state index in [1.54, 1.807) is 0 Å². The summed E-state index contributed by atoms with van der Waals surface area (Å²) >= 11 is 2.75. The lowest BCUT2D eigenvalue weighted by Crippen LogP contribution is -2.51. The van der Waals surface area contributed by atoms with E-state index >= 15 is 0 Å². The van der Waals surface area contributed by atoms with E-state index in [1.807, 2.05) is 0 Å². The van der Waals surface area contributed by atoms with Gasteiger partial charge in [-0.1, -0.05) is 23.1 Å². The van der Waals surface area contributed by atoms with Crippen molar-refractivity contribution in [3.8, 4) is 0 Å². The molecule has 4 saturated carbocycles. The molecule has 4 aliphatic carbocycles. The molecule has 0 spiro atoms. The van der Waals surface area contributed by atoms with Crippen LogP contribution in [-0.4, -0.2) is 28.4 Å². The number of nitrogens with two attached hydrogens (primary N) is 1. The number of carbonyl (C=O) groups is 1. The second kappa shape index (κ2) is 5.67. The van der Waals surface area contributed by atoms with Gasteiger partial charge in [0.25, 0.3) is 0 Å². The van der Waals surface area contributed by atoms with Gasteiger partial charge in [0.1, 0.15) is 0 Å². The second-order valence-corrected chi connectivity index (χ2v) is 9.62. The number of rotatable bonds is 5. The number of thioether (sulfide) groups is 1. The Bertz CT molecular complexity index is 538. The lowest BCUT2D eigenvalue weighted by Gasteiger charge is -2.56. The first-order valence-electron chi connectivity index (χ1n) is 8.09. The van der Waals surface area contributed by atoms with Crippen LogP contribution in [0.4, 0.5) is 5.13 Å². The van der Waals surface area contributed by atoms with Crippen molar-refractivity contribution in [3.05, 3.63) is 0 Å². The smallest absolute Gasteiger partial charge is 0.230 e. The van der Waals surface area contributed by atoms with Gasteiger partial charge in [0.2, 0.25) is 11.0 Å². The van der Waals surface area contributed by atoms with Crippen molar-refractivity contribution in [2.45, 2.75) is 42.9 Å². The molecule has 1 amide bonds. The predicted molar refractivity (Wildman–Crippen MR) is 88.7 cm³/mol. The van der Waals surface area contributed by atoms with Crippen LogP contribution in [0.1, 0.15) is 38.5 Å². The molecule has 4 aliphatic rings. The summed E-state index contributed by atoms with van der Waals surface area (Å²) in [4.78, 5) is 12.1. The number of nitrogen functional groups attached to an aromatic ring is 1. The van der Waals surface area contributed by atoms with Gasteiger partial charge in [-0.2, -0.15) is 0 Å². The number of amides is 1. The summed E-state index contributed by atoms with van der Waals surface area (Å²) in [6.45, 7) is 0.869. The molecule has 7 heteroatoms. The molecule has 120 valence electrons. The number of carbonyl (C=O) groups excluding carboxylic acids is 1. The van der Waals surface area contributed by atoms with E-state index in [9.17, 15) is 4.79 Å². The number of hydrogen-bond donors (Lipinski definition) is 2. The van der Waals surface area contributed by atoms with Crippen molar-refractivity contribution < 1.29 is 4.79 Å². The lowest BCUT2D eigenvalue weighted by atomic mass is 9.49. The number of aromatic nitrogens is 2. The van der Waals surface area contributed by atoms with Crippen LogP contribution >= 0.6 is 23.1 Å². The van der Waals surface area contributed by atoms with Crippen LogP contribution in [0.2, 0.25) is 0 Å². The third-order valence-electron chi connectivity index (χ3n) is 5.57. The van der Waals surface area contributed by atoms with E-state index in [0.29, 0.717) is 16.3 Å².